The number of aromatic nitrogens is 4. The van der Waals surface area contributed by atoms with E-state index in [1.807, 2.05) is 10.7 Å². The normalized spacial score (nSPS) is 17.7. The summed E-state index contributed by atoms with van der Waals surface area (Å²) >= 11 is 12.0. The number of halogens is 2. The SMILES string of the molecule is CC(C)N1CCC(n2ncc3nc(NCc4ccc(Cl)c(Cl)c4)[nH]c(=O)c32)C1. The first-order chi connectivity index (χ1) is 13.4. The Kier molecular flexibility index (Phi) is 5.31. The molecule has 3 aromatic rings. The largest absolute Gasteiger partial charge is 0.352 e. The number of aromatic amines is 1. The molecular weight excluding hydrogens is 399 g/mol. The van der Waals surface area contributed by atoms with Crippen LogP contribution in [0.3, 0.4) is 0 Å². The Balaban J connectivity index is 1.55. The van der Waals surface area contributed by atoms with Crippen molar-refractivity contribution in [1.29, 1.82) is 0 Å². The summed E-state index contributed by atoms with van der Waals surface area (Å²) in [6.45, 7) is 6.74. The number of anilines is 1. The third-order valence-corrected chi connectivity index (χ3v) is 5.91. The van der Waals surface area contributed by atoms with Gasteiger partial charge in [0.25, 0.3) is 5.56 Å². The van der Waals surface area contributed by atoms with E-state index in [2.05, 4.69) is 39.1 Å². The Morgan fingerprint density at radius 1 is 1.32 bits per heavy atom. The molecule has 2 aromatic heterocycles. The first-order valence-electron chi connectivity index (χ1n) is 9.31. The van der Waals surface area contributed by atoms with E-state index in [-0.39, 0.29) is 11.6 Å². The van der Waals surface area contributed by atoms with Gasteiger partial charge in [-0.2, -0.15) is 5.10 Å². The Hall–Kier alpha value is -2.09. The highest BCUT2D eigenvalue weighted by Crippen LogP contribution is 2.25. The van der Waals surface area contributed by atoms with Gasteiger partial charge in [-0.15, -0.1) is 0 Å². The lowest BCUT2D eigenvalue weighted by Crippen LogP contribution is -2.29. The van der Waals surface area contributed by atoms with Gasteiger partial charge < -0.3 is 5.32 Å². The summed E-state index contributed by atoms with van der Waals surface area (Å²) in [4.78, 5) is 22.4. The number of likely N-dealkylation sites (tertiary alicyclic amines) is 1. The maximum Gasteiger partial charge on any atom is 0.278 e. The number of hydrogen-bond acceptors (Lipinski definition) is 5. The van der Waals surface area contributed by atoms with Gasteiger partial charge in [0.1, 0.15) is 5.52 Å². The number of hydrogen-bond donors (Lipinski definition) is 2. The lowest BCUT2D eigenvalue weighted by molar-refractivity contribution is 0.263. The summed E-state index contributed by atoms with van der Waals surface area (Å²) in [5, 5.41) is 8.59. The molecule has 1 aromatic carbocycles. The minimum Gasteiger partial charge on any atom is -0.352 e. The van der Waals surface area contributed by atoms with Crippen LogP contribution < -0.4 is 10.9 Å². The van der Waals surface area contributed by atoms with E-state index < -0.39 is 0 Å². The van der Waals surface area contributed by atoms with Crippen LogP contribution in [0.1, 0.15) is 31.9 Å². The Labute approximate surface area is 172 Å². The van der Waals surface area contributed by atoms with E-state index in [1.54, 1.807) is 18.3 Å². The van der Waals surface area contributed by atoms with Gasteiger partial charge in [0.15, 0.2) is 5.52 Å². The molecule has 0 amide bonds. The van der Waals surface area contributed by atoms with Crippen LogP contribution in [0.5, 0.6) is 0 Å². The first kappa shape index (κ1) is 19.2. The van der Waals surface area contributed by atoms with Gasteiger partial charge >= 0.3 is 0 Å². The molecule has 9 heteroatoms. The zero-order valence-electron chi connectivity index (χ0n) is 15.7. The van der Waals surface area contributed by atoms with Crippen LogP contribution in [-0.2, 0) is 6.54 Å². The second-order valence-corrected chi connectivity index (χ2v) is 8.19. The van der Waals surface area contributed by atoms with Crippen molar-refractivity contribution in [2.24, 2.45) is 0 Å². The third kappa shape index (κ3) is 3.74. The molecule has 28 heavy (non-hydrogen) atoms. The minimum absolute atomic E-state index is 0.192. The van der Waals surface area contributed by atoms with E-state index in [9.17, 15) is 4.79 Å². The fourth-order valence-electron chi connectivity index (χ4n) is 3.60. The molecule has 0 spiro atoms. The summed E-state index contributed by atoms with van der Waals surface area (Å²) in [5.74, 6) is 0.401. The number of fused-ring (bicyclic) bond motifs is 1. The van der Waals surface area contributed by atoms with E-state index in [1.165, 1.54) is 0 Å². The Morgan fingerprint density at radius 3 is 2.86 bits per heavy atom. The topological polar surface area (TPSA) is 78.8 Å². The molecule has 7 nitrogen and oxygen atoms in total. The summed E-state index contributed by atoms with van der Waals surface area (Å²) < 4.78 is 1.83. The van der Waals surface area contributed by atoms with E-state index >= 15 is 0 Å². The van der Waals surface area contributed by atoms with Crippen molar-refractivity contribution in [1.82, 2.24) is 24.6 Å². The van der Waals surface area contributed by atoms with E-state index in [0.717, 1.165) is 25.1 Å². The van der Waals surface area contributed by atoms with Gasteiger partial charge in [-0.05, 0) is 38.0 Å². The van der Waals surface area contributed by atoms with Crippen LogP contribution >= 0.6 is 23.2 Å². The lowest BCUT2D eigenvalue weighted by atomic mass is 10.2. The zero-order valence-corrected chi connectivity index (χ0v) is 17.3. The van der Waals surface area contributed by atoms with Gasteiger partial charge in [-0.3, -0.25) is 19.4 Å². The number of nitrogens with zero attached hydrogens (tertiary/aromatic N) is 4. The van der Waals surface area contributed by atoms with Crippen LogP contribution in [0.2, 0.25) is 10.0 Å². The first-order valence-corrected chi connectivity index (χ1v) is 10.1. The molecule has 2 N–H and O–H groups in total. The maximum absolute atomic E-state index is 12.7. The fraction of sp³-hybridized carbons (Fsp3) is 0.421. The van der Waals surface area contributed by atoms with Crippen molar-refractivity contribution in [2.45, 2.75) is 38.9 Å². The molecule has 1 saturated heterocycles. The van der Waals surface area contributed by atoms with Crippen LogP contribution in [-0.4, -0.2) is 43.8 Å². The van der Waals surface area contributed by atoms with Crippen LogP contribution in [0.25, 0.3) is 11.0 Å². The predicted molar refractivity (Wildman–Crippen MR) is 112 cm³/mol. The van der Waals surface area contributed by atoms with Gasteiger partial charge in [-0.1, -0.05) is 29.3 Å². The summed E-state index contributed by atoms with van der Waals surface area (Å²) in [5.41, 5.74) is 1.86. The van der Waals surface area contributed by atoms with Gasteiger partial charge in [0.05, 0.1) is 22.3 Å². The number of benzene rings is 1. The molecule has 4 rings (SSSR count). The number of H-pyrrole nitrogens is 1. The fourth-order valence-corrected chi connectivity index (χ4v) is 3.92. The minimum atomic E-state index is -0.192. The molecule has 148 valence electrons. The number of rotatable bonds is 5. The molecule has 1 aliphatic rings. The smallest absolute Gasteiger partial charge is 0.278 e. The summed E-state index contributed by atoms with van der Waals surface area (Å²) in [6, 6.07) is 6.08. The van der Waals surface area contributed by atoms with Gasteiger partial charge in [0.2, 0.25) is 5.95 Å². The van der Waals surface area contributed by atoms with Crippen molar-refractivity contribution in [3.05, 3.63) is 50.4 Å². The molecule has 0 saturated carbocycles. The van der Waals surface area contributed by atoms with Crippen molar-refractivity contribution < 1.29 is 0 Å². The van der Waals surface area contributed by atoms with E-state index in [4.69, 9.17) is 23.2 Å². The van der Waals surface area contributed by atoms with Gasteiger partial charge in [0, 0.05) is 25.7 Å². The molecule has 3 heterocycles. The highest BCUT2D eigenvalue weighted by Gasteiger charge is 2.28. The zero-order chi connectivity index (χ0) is 19.8. The molecule has 0 bridgehead atoms. The Morgan fingerprint density at radius 2 is 2.14 bits per heavy atom. The van der Waals surface area contributed by atoms with Crippen molar-refractivity contribution in [3.8, 4) is 0 Å². The number of nitrogens with one attached hydrogen (secondary N) is 2. The van der Waals surface area contributed by atoms with Crippen LogP contribution in [0, 0.1) is 0 Å². The molecule has 1 fully saturated rings. The van der Waals surface area contributed by atoms with E-state index in [0.29, 0.717) is 39.6 Å². The van der Waals surface area contributed by atoms with Crippen LogP contribution in [0.15, 0.2) is 29.2 Å². The van der Waals surface area contributed by atoms with Crippen molar-refractivity contribution in [2.75, 3.05) is 18.4 Å². The quantitative estimate of drug-likeness (QED) is 0.657. The van der Waals surface area contributed by atoms with Crippen molar-refractivity contribution >= 4 is 40.2 Å². The highest BCUT2D eigenvalue weighted by molar-refractivity contribution is 6.42. The summed E-state index contributed by atoms with van der Waals surface area (Å²) in [6.07, 6.45) is 2.64. The predicted octanol–water partition coefficient (Wildman–Crippen LogP) is 3.69. The monoisotopic (exact) mass is 420 g/mol. The second-order valence-electron chi connectivity index (χ2n) is 7.37. The van der Waals surface area contributed by atoms with Crippen molar-refractivity contribution in [3.63, 3.8) is 0 Å². The maximum atomic E-state index is 12.7. The molecule has 0 radical (unpaired) electrons. The molecule has 1 atom stereocenters. The Bertz CT molecular complexity index is 1060. The second kappa shape index (κ2) is 7.73. The molecule has 1 unspecified atom stereocenters. The molecule has 0 aliphatic carbocycles. The lowest BCUT2D eigenvalue weighted by Gasteiger charge is -2.20. The van der Waals surface area contributed by atoms with Gasteiger partial charge in [-0.25, -0.2) is 4.98 Å². The summed E-state index contributed by atoms with van der Waals surface area (Å²) in [7, 11) is 0. The standard InChI is InChI=1S/C19H22Cl2N6O/c1-11(2)26-6-5-13(10-26)27-17-16(9-23-27)24-19(25-18(17)28)22-8-12-3-4-14(20)15(21)7-12/h3-4,7,9,11,13H,5-6,8,10H2,1-2H3,(H2,22,24,25,28). The average molecular weight is 421 g/mol. The van der Waals surface area contributed by atoms with Crippen LogP contribution in [0.4, 0.5) is 5.95 Å². The highest BCUT2D eigenvalue weighted by atomic mass is 35.5. The molecule has 1 aliphatic heterocycles. The third-order valence-electron chi connectivity index (χ3n) is 5.17. The molecular formula is C19H22Cl2N6O. The average Bonchev–Trinajstić information content (AvgIpc) is 3.29.